The van der Waals surface area contributed by atoms with Gasteiger partial charge in [-0.15, -0.1) is 21.5 Å². The Morgan fingerprint density at radius 1 is 1.31 bits per heavy atom. The van der Waals surface area contributed by atoms with Gasteiger partial charge in [-0.05, 0) is 41.8 Å². The standard InChI is InChI=1S/C19H19N3O2S2/c1-22(15-9-4-7-13-6-2-3-8-14(13)15)17(23)12-26-19-21-20-18(24-19)16-10-5-11-25-16/h2-3,5-6,8,10-11,15H,4,7,9,12H2,1H3. The fourth-order valence-corrected chi connectivity index (χ4v) is 4.63. The first-order valence-electron chi connectivity index (χ1n) is 8.56. The van der Waals surface area contributed by atoms with Gasteiger partial charge in [-0.2, -0.15) is 0 Å². The highest BCUT2D eigenvalue weighted by Gasteiger charge is 2.26. The van der Waals surface area contributed by atoms with Crippen molar-refractivity contribution >= 4 is 29.0 Å². The van der Waals surface area contributed by atoms with E-state index >= 15 is 0 Å². The average molecular weight is 386 g/mol. The first kappa shape index (κ1) is 17.3. The second-order valence-electron chi connectivity index (χ2n) is 6.25. The molecule has 2 heterocycles. The van der Waals surface area contributed by atoms with Gasteiger partial charge in [0.25, 0.3) is 11.1 Å². The Labute approximate surface area is 160 Å². The summed E-state index contributed by atoms with van der Waals surface area (Å²) in [6.07, 6.45) is 3.21. The summed E-state index contributed by atoms with van der Waals surface area (Å²) in [5.41, 5.74) is 2.63. The lowest BCUT2D eigenvalue weighted by Crippen LogP contribution is -2.34. The van der Waals surface area contributed by atoms with Crippen LogP contribution in [-0.2, 0) is 11.2 Å². The second kappa shape index (κ2) is 7.63. The van der Waals surface area contributed by atoms with E-state index in [2.05, 4.69) is 34.5 Å². The largest absolute Gasteiger partial charge is 0.410 e. The predicted molar refractivity (Wildman–Crippen MR) is 103 cm³/mol. The molecule has 2 aromatic heterocycles. The summed E-state index contributed by atoms with van der Waals surface area (Å²) in [5.74, 6) is 0.874. The second-order valence-corrected chi connectivity index (χ2v) is 8.12. The number of carbonyl (C=O) groups is 1. The Hall–Kier alpha value is -2.12. The molecule has 1 atom stereocenters. The van der Waals surface area contributed by atoms with Crippen molar-refractivity contribution in [2.45, 2.75) is 30.5 Å². The summed E-state index contributed by atoms with van der Waals surface area (Å²) in [5, 5.41) is 10.5. The zero-order valence-corrected chi connectivity index (χ0v) is 16.1. The quantitative estimate of drug-likeness (QED) is 0.608. The van der Waals surface area contributed by atoms with Gasteiger partial charge < -0.3 is 9.32 Å². The Bertz CT molecular complexity index is 892. The number of aromatic nitrogens is 2. The molecule has 1 aromatic carbocycles. The van der Waals surface area contributed by atoms with Crippen molar-refractivity contribution < 1.29 is 9.21 Å². The molecule has 0 radical (unpaired) electrons. The van der Waals surface area contributed by atoms with E-state index in [0.29, 0.717) is 16.9 Å². The number of fused-ring (bicyclic) bond motifs is 1. The van der Waals surface area contributed by atoms with Crippen LogP contribution in [0, 0.1) is 0 Å². The summed E-state index contributed by atoms with van der Waals surface area (Å²) in [7, 11) is 1.89. The SMILES string of the molecule is CN(C(=O)CSc1nnc(-c2cccs2)o1)C1CCCc2ccccc21. The van der Waals surface area contributed by atoms with Crippen LogP contribution in [0.4, 0.5) is 0 Å². The number of hydrogen-bond acceptors (Lipinski definition) is 6. The molecule has 0 saturated carbocycles. The predicted octanol–water partition coefficient (Wildman–Crippen LogP) is 4.43. The molecule has 0 N–H and O–H groups in total. The van der Waals surface area contributed by atoms with Gasteiger partial charge in [-0.1, -0.05) is 42.1 Å². The molecule has 0 fully saturated rings. The van der Waals surface area contributed by atoms with E-state index in [1.807, 2.05) is 29.5 Å². The van der Waals surface area contributed by atoms with Crippen molar-refractivity contribution in [3.05, 3.63) is 52.9 Å². The highest BCUT2D eigenvalue weighted by Crippen LogP contribution is 2.34. The number of thioether (sulfide) groups is 1. The van der Waals surface area contributed by atoms with Gasteiger partial charge in [0, 0.05) is 7.05 Å². The molecule has 0 saturated heterocycles. The minimum atomic E-state index is 0.0765. The molecule has 4 rings (SSSR count). The molecule has 7 heteroatoms. The highest BCUT2D eigenvalue weighted by atomic mass is 32.2. The lowest BCUT2D eigenvalue weighted by atomic mass is 9.87. The third-order valence-electron chi connectivity index (χ3n) is 4.66. The van der Waals surface area contributed by atoms with Crippen LogP contribution in [0.25, 0.3) is 10.8 Å². The number of rotatable bonds is 5. The van der Waals surface area contributed by atoms with Gasteiger partial charge >= 0.3 is 0 Å². The Morgan fingerprint density at radius 2 is 2.19 bits per heavy atom. The third kappa shape index (κ3) is 3.54. The van der Waals surface area contributed by atoms with Crippen molar-refractivity contribution in [3.63, 3.8) is 0 Å². The van der Waals surface area contributed by atoms with Gasteiger partial charge in [-0.25, -0.2) is 0 Å². The van der Waals surface area contributed by atoms with Crippen LogP contribution >= 0.6 is 23.1 Å². The molecule has 26 heavy (non-hydrogen) atoms. The summed E-state index contributed by atoms with van der Waals surface area (Å²) < 4.78 is 5.64. The smallest absolute Gasteiger partial charge is 0.277 e. The van der Waals surface area contributed by atoms with Gasteiger partial charge in [0.2, 0.25) is 5.91 Å². The van der Waals surface area contributed by atoms with Crippen molar-refractivity contribution in [3.8, 4) is 10.8 Å². The monoisotopic (exact) mass is 385 g/mol. The molecular formula is C19H19N3O2S2. The number of aryl methyl sites for hydroxylation is 1. The van der Waals surface area contributed by atoms with E-state index in [1.165, 1.54) is 22.9 Å². The van der Waals surface area contributed by atoms with Gasteiger partial charge in [0.1, 0.15) is 0 Å². The molecule has 1 aliphatic carbocycles. The maximum absolute atomic E-state index is 12.7. The van der Waals surface area contributed by atoms with Crippen molar-refractivity contribution in [2.75, 3.05) is 12.8 Å². The molecule has 1 unspecified atom stereocenters. The summed E-state index contributed by atoms with van der Waals surface area (Å²) in [6, 6.07) is 12.5. The summed E-state index contributed by atoms with van der Waals surface area (Å²) in [6.45, 7) is 0. The van der Waals surface area contributed by atoms with Gasteiger partial charge in [-0.3, -0.25) is 4.79 Å². The third-order valence-corrected chi connectivity index (χ3v) is 6.32. The molecule has 0 spiro atoms. The first-order chi connectivity index (χ1) is 12.7. The minimum Gasteiger partial charge on any atom is -0.410 e. The lowest BCUT2D eigenvalue weighted by Gasteiger charge is -2.33. The number of carbonyl (C=O) groups excluding carboxylic acids is 1. The maximum Gasteiger partial charge on any atom is 0.277 e. The summed E-state index contributed by atoms with van der Waals surface area (Å²) >= 11 is 2.84. The van der Waals surface area contributed by atoms with E-state index < -0.39 is 0 Å². The molecule has 0 aliphatic heterocycles. The van der Waals surface area contributed by atoms with Crippen LogP contribution in [0.1, 0.15) is 30.0 Å². The zero-order valence-electron chi connectivity index (χ0n) is 14.4. The van der Waals surface area contributed by atoms with E-state index in [4.69, 9.17) is 4.42 Å². The Morgan fingerprint density at radius 3 is 3.04 bits per heavy atom. The fraction of sp³-hybridized carbons (Fsp3) is 0.316. The molecule has 134 valence electrons. The van der Waals surface area contributed by atoms with Gasteiger partial charge in [0.15, 0.2) is 0 Å². The van der Waals surface area contributed by atoms with Crippen molar-refractivity contribution in [1.82, 2.24) is 15.1 Å². The van der Waals surface area contributed by atoms with Crippen LogP contribution in [0.15, 0.2) is 51.4 Å². The fourth-order valence-electron chi connectivity index (χ4n) is 3.30. The average Bonchev–Trinajstić information content (AvgIpc) is 3.36. The van der Waals surface area contributed by atoms with E-state index in [9.17, 15) is 4.79 Å². The van der Waals surface area contributed by atoms with Crippen LogP contribution < -0.4 is 0 Å². The zero-order chi connectivity index (χ0) is 17.9. The summed E-state index contributed by atoms with van der Waals surface area (Å²) in [4.78, 5) is 15.5. The molecule has 0 bridgehead atoms. The number of thiophene rings is 1. The minimum absolute atomic E-state index is 0.0765. The number of nitrogens with zero attached hydrogens (tertiary/aromatic N) is 3. The maximum atomic E-state index is 12.7. The number of amides is 1. The topological polar surface area (TPSA) is 59.2 Å². The van der Waals surface area contributed by atoms with Gasteiger partial charge in [0.05, 0.1) is 16.7 Å². The van der Waals surface area contributed by atoms with Crippen LogP contribution in [0.2, 0.25) is 0 Å². The van der Waals surface area contributed by atoms with Crippen LogP contribution in [-0.4, -0.2) is 33.8 Å². The van der Waals surface area contributed by atoms with Crippen molar-refractivity contribution in [2.24, 2.45) is 0 Å². The Kier molecular flexibility index (Phi) is 5.08. The molecule has 5 nitrogen and oxygen atoms in total. The molecule has 1 amide bonds. The van der Waals surface area contributed by atoms with E-state index in [0.717, 1.165) is 24.1 Å². The first-order valence-corrected chi connectivity index (χ1v) is 10.4. The highest BCUT2D eigenvalue weighted by molar-refractivity contribution is 7.99. The number of hydrogen-bond donors (Lipinski definition) is 0. The molecule has 3 aromatic rings. The molecule has 1 aliphatic rings. The molecular weight excluding hydrogens is 366 g/mol. The normalized spacial score (nSPS) is 16.3. The van der Waals surface area contributed by atoms with Crippen LogP contribution in [0.3, 0.4) is 0 Å². The van der Waals surface area contributed by atoms with Crippen LogP contribution in [0.5, 0.6) is 0 Å². The van der Waals surface area contributed by atoms with E-state index in [1.54, 1.807) is 11.3 Å². The van der Waals surface area contributed by atoms with Crippen molar-refractivity contribution in [1.29, 1.82) is 0 Å². The lowest BCUT2D eigenvalue weighted by molar-refractivity contribution is -0.129. The van der Waals surface area contributed by atoms with E-state index in [-0.39, 0.29) is 11.9 Å². The number of benzene rings is 1. The Balaban J connectivity index is 1.40.